The summed E-state index contributed by atoms with van der Waals surface area (Å²) < 4.78 is 23.4. The Bertz CT molecular complexity index is 799. The van der Waals surface area contributed by atoms with E-state index in [0.717, 1.165) is 22.4 Å². The molecular formula is C20H25N2O2P. The van der Waals surface area contributed by atoms with Gasteiger partial charge in [0.1, 0.15) is 5.75 Å². The highest BCUT2D eigenvalue weighted by molar-refractivity contribution is 7.71. The van der Waals surface area contributed by atoms with Gasteiger partial charge in [-0.25, -0.2) is 0 Å². The van der Waals surface area contributed by atoms with Crippen molar-refractivity contribution in [3.8, 4) is 5.75 Å². The fourth-order valence-electron chi connectivity index (χ4n) is 3.18. The van der Waals surface area contributed by atoms with E-state index in [0.29, 0.717) is 19.5 Å². The second-order valence-corrected chi connectivity index (χ2v) is 8.93. The van der Waals surface area contributed by atoms with E-state index >= 15 is 0 Å². The van der Waals surface area contributed by atoms with Crippen LogP contribution in [0.2, 0.25) is 0 Å². The largest absolute Gasteiger partial charge is 0.497 e. The average molecular weight is 356 g/mol. The lowest BCUT2D eigenvalue weighted by atomic mass is 10.2. The van der Waals surface area contributed by atoms with Gasteiger partial charge in [0, 0.05) is 29.8 Å². The van der Waals surface area contributed by atoms with Crippen LogP contribution in [0, 0.1) is 6.92 Å². The lowest BCUT2D eigenvalue weighted by Crippen LogP contribution is -2.19. The van der Waals surface area contributed by atoms with Crippen molar-refractivity contribution in [1.82, 2.24) is 0 Å². The number of nitrogens with zero attached hydrogens (tertiary/aromatic N) is 2. The molecule has 25 heavy (non-hydrogen) atoms. The van der Waals surface area contributed by atoms with Gasteiger partial charge in [0.15, 0.2) is 0 Å². The number of benzene rings is 2. The lowest BCUT2D eigenvalue weighted by Gasteiger charge is -2.33. The van der Waals surface area contributed by atoms with E-state index in [1.54, 1.807) is 7.11 Å². The van der Waals surface area contributed by atoms with Gasteiger partial charge in [0.05, 0.1) is 7.11 Å². The van der Waals surface area contributed by atoms with Gasteiger partial charge >= 0.3 is 0 Å². The van der Waals surface area contributed by atoms with Crippen LogP contribution in [0.1, 0.15) is 18.9 Å². The summed E-state index contributed by atoms with van der Waals surface area (Å²) in [7, 11) is -1.29. The maximum Gasteiger partial charge on any atom is 0.288 e. The highest BCUT2D eigenvalue weighted by atomic mass is 31.2. The molecule has 0 amide bonds. The Hall–Kier alpha value is -2.19. The van der Waals surface area contributed by atoms with Gasteiger partial charge in [-0.3, -0.25) is 4.57 Å². The van der Waals surface area contributed by atoms with Gasteiger partial charge in [-0.2, -0.15) is 0 Å². The van der Waals surface area contributed by atoms with Crippen LogP contribution in [0.3, 0.4) is 0 Å². The Morgan fingerprint density at radius 3 is 1.96 bits per heavy atom. The topological polar surface area (TPSA) is 32.8 Å². The molecule has 1 heterocycles. The molecule has 1 aliphatic rings. The molecule has 1 aliphatic heterocycles. The predicted molar refractivity (Wildman–Crippen MR) is 106 cm³/mol. The molecule has 5 heteroatoms. The van der Waals surface area contributed by atoms with Gasteiger partial charge in [-0.1, -0.05) is 31.2 Å². The maximum absolute atomic E-state index is 14.2. The SMILES string of the molecule is C=C(CC)P1(=O)N(c2ccc(C)cc2)CCN1c1ccc(OC)cc1. The molecule has 1 atom stereocenters. The van der Waals surface area contributed by atoms with Crippen LogP contribution < -0.4 is 14.1 Å². The normalized spacial score (nSPS) is 20.0. The first-order valence-corrected chi connectivity index (χ1v) is 10.2. The number of hydrogen-bond acceptors (Lipinski definition) is 2. The number of ether oxygens (including phenoxy) is 1. The molecule has 0 radical (unpaired) electrons. The Morgan fingerprint density at radius 1 is 1.04 bits per heavy atom. The summed E-state index contributed by atoms with van der Waals surface area (Å²) in [6.45, 7) is 9.65. The van der Waals surface area contributed by atoms with E-state index in [1.807, 2.05) is 52.7 Å². The Labute approximate surface area is 150 Å². The molecule has 0 bridgehead atoms. The van der Waals surface area contributed by atoms with Crippen LogP contribution in [0.4, 0.5) is 11.4 Å². The zero-order valence-corrected chi connectivity index (χ0v) is 16.0. The van der Waals surface area contributed by atoms with Crippen molar-refractivity contribution in [3.63, 3.8) is 0 Å². The highest BCUT2D eigenvalue weighted by Crippen LogP contribution is 2.65. The minimum atomic E-state index is -2.93. The Morgan fingerprint density at radius 2 is 1.52 bits per heavy atom. The summed E-state index contributed by atoms with van der Waals surface area (Å²) in [4.78, 5) is 0. The molecule has 1 unspecified atom stereocenters. The molecule has 0 aromatic heterocycles. The fraction of sp³-hybridized carbons (Fsp3) is 0.300. The predicted octanol–water partition coefficient (Wildman–Crippen LogP) is 5.45. The molecular weight excluding hydrogens is 331 g/mol. The average Bonchev–Trinajstić information content (AvgIpc) is 3.00. The first-order chi connectivity index (χ1) is 12.0. The number of rotatable bonds is 5. The van der Waals surface area contributed by atoms with Crippen molar-refractivity contribution in [3.05, 3.63) is 66.0 Å². The number of anilines is 2. The van der Waals surface area contributed by atoms with Gasteiger partial charge in [0.25, 0.3) is 7.44 Å². The standard InChI is InChI=1S/C20H25N2O2P/c1-5-17(3)25(23)21(18-8-6-16(2)7-9-18)14-15-22(25)19-10-12-20(24-4)13-11-19/h6-13H,3,5,14-15H2,1-2,4H3. The second-order valence-electron chi connectivity index (χ2n) is 6.24. The fourth-order valence-corrected chi connectivity index (χ4v) is 6.15. The lowest BCUT2D eigenvalue weighted by molar-refractivity contribution is 0.415. The van der Waals surface area contributed by atoms with Crippen LogP contribution >= 0.6 is 7.44 Å². The highest BCUT2D eigenvalue weighted by Gasteiger charge is 2.44. The van der Waals surface area contributed by atoms with E-state index < -0.39 is 7.44 Å². The minimum Gasteiger partial charge on any atom is -0.497 e. The van der Waals surface area contributed by atoms with E-state index in [1.165, 1.54) is 5.56 Å². The number of methoxy groups -OCH3 is 1. The van der Waals surface area contributed by atoms with Crippen molar-refractivity contribution in [2.45, 2.75) is 20.3 Å². The third kappa shape index (κ3) is 3.07. The minimum absolute atomic E-state index is 0.687. The van der Waals surface area contributed by atoms with E-state index in [-0.39, 0.29) is 0 Å². The molecule has 4 nitrogen and oxygen atoms in total. The van der Waals surface area contributed by atoms with Crippen LogP contribution in [-0.2, 0) is 4.57 Å². The van der Waals surface area contributed by atoms with Crippen molar-refractivity contribution >= 4 is 18.8 Å². The van der Waals surface area contributed by atoms with Crippen LogP contribution in [-0.4, -0.2) is 20.2 Å². The van der Waals surface area contributed by atoms with Gasteiger partial charge in [-0.05, 0) is 49.7 Å². The zero-order valence-electron chi connectivity index (χ0n) is 15.1. The van der Waals surface area contributed by atoms with E-state index in [9.17, 15) is 4.57 Å². The smallest absolute Gasteiger partial charge is 0.288 e. The molecule has 132 valence electrons. The van der Waals surface area contributed by atoms with Crippen molar-refractivity contribution in [2.24, 2.45) is 0 Å². The first-order valence-electron chi connectivity index (χ1n) is 8.56. The van der Waals surface area contributed by atoms with Crippen molar-refractivity contribution < 1.29 is 9.30 Å². The van der Waals surface area contributed by atoms with Gasteiger partial charge < -0.3 is 14.1 Å². The molecule has 0 spiro atoms. The summed E-state index contributed by atoms with van der Waals surface area (Å²) in [5, 5.41) is 0.779. The monoisotopic (exact) mass is 356 g/mol. The van der Waals surface area contributed by atoms with Crippen LogP contribution in [0.5, 0.6) is 5.75 Å². The maximum atomic E-state index is 14.2. The van der Waals surface area contributed by atoms with Gasteiger partial charge in [-0.15, -0.1) is 0 Å². The number of aryl methyl sites for hydroxylation is 1. The summed E-state index contributed by atoms with van der Waals surface area (Å²) in [6.07, 6.45) is 0.687. The second kappa shape index (κ2) is 6.97. The molecule has 0 saturated carbocycles. The summed E-state index contributed by atoms with van der Waals surface area (Å²) in [5.41, 5.74) is 3.12. The van der Waals surface area contributed by atoms with Crippen LogP contribution in [0.15, 0.2) is 60.4 Å². The molecule has 0 aliphatic carbocycles. The molecule has 3 rings (SSSR count). The van der Waals surface area contributed by atoms with Crippen LogP contribution in [0.25, 0.3) is 0 Å². The van der Waals surface area contributed by atoms with E-state index in [2.05, 4.69) is 25.6 Å². The molecule has 2 aromatic rings. The summed E-state index contributed by atoms with van der Waals surface area (Å²) in [5.74, 6) is 0.794. The quantitative estimate of drug-likeness (QED) is 0.667. The third-order valence-corrected chi connectivity index (χ3v) is 8.01. The Balaban J connectivity index is 2.03. The number of hydrogen-bond donors (Lipinski definition) is 0. The third-order valence-electron chi connectivity index (χ3n) is 4.70. The Kier molecular flexibility index (Phi) is 4.91. The van der Waals surface area contributed by atoms with Gasteiger partial charge in [0.2, 0.25) is 0 Å². The number of allylic oxidation sites excluding steroid dienone is 1. The molecule has 1 fully saturated rings. The molecule has 2 aromatic carbocycles. The summed E-state index contributed by atoms with van der Waals surface area (Å²) >= 11 is 0. The van der Waals surface area contributed by atoms with Crippen molar-refractivity contribution in [1.29, 1.82) is 0 Å². The zero-order chi connectivity index (χ0) is 18.0. The first kappa shape index (κ1) is 17.6. The molecule has 0 N–H and O–H groups in total. The van der Waals surface area contributed by atoms with Crippen molar-refractivity contribution in [2.75, 3.05) is 29.5 Å². The van der Waals surface area contributed by atoms with E-state index in [4.69, 9.17) is 4.74 Å². The molecule has 1 saturated heterocycles. The summed E-state index contributed by atoms with van der Waals surface area (Å²) in [6, 6.07) is 16.0.